The minimum absolute atomic E-state index is 0.0585. The van der Waals surface area contributed by atoms with Gasteiger partial charge in [0.1, 0.15) is 4.83 Å². The van der Waals surface area contributed by atoms with Crippen molar-refractivity contribution in [3.8, 4) is 0 Å². The van der Waals surface area contributed by atoms with Crippen molar-refractivity contribution in [2.75, 3.05) is 0 Å². The van der Waals surface area contributed by atoms with Crippen molar-refractivity contribution >= 4 is 21.6 Å². The van der Waals surface area contributed by atoms with Crippen molar-refractivity contribution in [1.29, 1.82) is 0 Å². The smallest absolute Gasteiger partial charge is 0.294 e. The molecule has 23 heavy (non-hydrogen) atoms. The third-order valence-corrected chi connectivity index (χ3v) is 4.71. The number of alkyl halides is 3. The maximum absolute atomic E-state index is 12.8. The van der Waals surface area contributed by atoms with Gasteiger partial charge >= 0.3 is 6.18 Å². The van der Waals surface area contributed by atoms with Crippen molar-refractivity contribution in [3.05, 3.63) is 63.0 Å². The Balaban J connectivity index is 1.99. The van der Waals surface area contributed by atoms with Crippen LogP contribution >= 0.6 is 11.3 Å². The molecule has 3 aromatic rings. The summed E-state index contributed by atoms with van der Waals surface area (Å²) >= 11 is 1.46. The van der Waals surface area contributed by atoms with E-state index in [4.69, 9.17) is 0 Å². The van der Waals surface area contributed by atoms with Crippen molar-refractivity contribution in [1.82, 2.24) is 9.55 Å². The Hall–Kier alpha value is -2.15. The number of rotatable bonds is 3. The van der Waals surface area contributed by atoms with Gasteiger partial charge in [0.15, 0.2) is 0 Å². The lowest BCUT2D eigenvalue weighted by Gasteiger charge is -2.09. The lowest BCUT2D eigenvalue weighted by molar-refractivity contribution is -0.137. The monoisotopic (exact) mass is 338 g/mol. The van der Waals surface area contributed by atoms with E-state index < -0.39 is 11.7 Å². The first kappa shape index (κ1) is 15.7. The molecule has 0 spiro atoms. The number of fused-ring (bicyclic) bond motifs is 1. The number of benzene rings is 1. The highest BCUT2D eigenvalue weighted by Gasteiger charge is 2.30. The van der Waals surface area contributed by atoms with Crippen LogP contribution in [0.5, 0.6) is 0 Å². The minimum atomic E-state index is -4.40. The zero-order valence-corrected chi connectivity index (χ0v) is 13.0. The Morgan fingerprint density at radius 1 is 1.26 bits per heavy atom. The number of nitrogens with zero attached hydrogens (tertiary/aromatic N) is 2. The van der Waals surface area contributed by atoms with Crippen LogP contribution in [0.4, 0.5) is 13.2 Å². The van der Waals surface area contributed by atoms with Crippen LogP contribution in [-0.4, -0.2) is 9.55 Å². The summed E-state index contributed by atoms with van der Waals surface area (Å²) in [5, 5.41) is 0.515. The van der Waals surface area contributed by atoms with Crippen molar-refractivity contribution in [3.63, 3.8) is 0 Å². The molecule has 3 nitrogen and oxygen atoms in total. The van der Waals surface area contributed by atoms with E-state index in [2.05, 4.69) is 4.98 Å². The van der Waals surface area contributed by atoms with Gasteiger partial charge in [-0.1, -0.05) is 19.1 Å². The fraction of sp³-hybridized carbons (Fsp3) is 0.250. The van der Waals surface area contributed by atoms with E-state index in [-0.39, 0.29) is 12.1 Å². The Labute approximate surface area is 134 Å². The summed E-state index contributed by atoms with van der Waals surface area (Å²) in [5.74, 6) is 0. The number of hydrogen-bond donors (Lipinski definition) is 0. The van der Waals surface area contributed by atoms with Crippen LogP contribution in [0.25, 0.3) is 10.2 Å². The molecular formula is C16H13F3N2OS. The van der Waals surface area contributed by atoms with Crippen LogP contribution in [0, 0.1) is 0 Å². The third kappa shape index (κ3) is 3.14. The molecule has 0 radical (unpaired) electrons. The largest absolute Gasteiger partial charge is 0.416 e. The molecule has 1 aromatic carbocycles. The number of halogens is 3. The van der Waals surface area contributed by atoms with E-state index in [1.165, 1.54) is 28.3 Å². The Morgan fingerprint density at radius 2 is 2.04 bits per heavy atom. The van der Waals surface area contributed by atoms with Crippen LogP contribution in [0.2, 0.25) is 0 Å². The normalized spacial score (nSPS) is 12.0. The van der Waals surface area contributed by atoms with Gasteiger partial charge < -0.3 is 0 Å². The Morgan fingerprint density at radius 3 is 2.74 bits per heavy atom. The summed E-state index contributed by atoms with van der Waals surface area (Å²) in [6.45, 7) is 2.05. The van der Waals surface area contributed by atoms with Crippen molar-refractivity contribution in [2.45, 2.75) is 26.1 Å². The summed E-state index contributed by atoms with van der Waals surface area (Å²) in [6, 6.07) is 6.78. The number of aromatic nitrogens is 2. The van der Waals surface area contributed by atoms with Gasteiger partial charge in [-0.3, -0.25) is 9.36 Å². The lowest BCUT2D eigenvalue weighted by Crippen LogP contribution is -2.20. The van der Waals surface area contributed by atoms with Crippen LogP contribution in [-0.2, 0) is 19.1 Å². The second-order valence-corrected chi connectivity index (χ2v) is 6.28. The predicted octanol–water partition coefficient (Wildman–Crippen LogP) is 4.09. The third-order valence-electron chi connectivity index (χ3n) is 3.52. The average molecular weight is 338 g/mol. The van der Waals surface area contributed by atoms with Gasteiger partial charge in [0.05, 0.1) is 23.8 Å². The highest BCUT2D eigenvalue weighted by atomic mass is 32.1. The van der Waals surface area contributed by atoms with Gasteiger partial charge in [0, 0.05) is 4.88 Å². The molecule has 3 rings (SSSR count). The van der Waals surface area contributed by atoms with Gasteiger partial charge in [-0.25, -0.2) is 4.98 Å². The minimum Gasteiger partial charge on any atom is -0.294 e. The Bertz CT molecular complexity index is 912. The van der Waals surface area contributed by atoms with Gasteiger partial charge in [0.25, 0.3) is 5.56 Å². The molecule has 0 unspecified atom stereocenters. The molecule has 0 fully saturated rings. The van der Waals surface area contributed by atoms with Crippen LogP contribution in [0.15, 0.2) is 41.5 Å². The van der Waals surface area contributed by atoms with E-state index in [0.29, 0.717) is 15.8 Å². The quantitative estimate of drug-likeness (QED) is 0.721. The van der Waals surface area contributed by atoms with Crippen LogP contribution in [0.3, 0.4) is 0 Å². The summed E-state index contributed by atoms with van der Waals surface area (Å²) in [4.78, 5) is 18.4. The van der Waals surface area contributed by atoms with Gasteiger partial charge in [-0.05, 0) is 30.2 Å². The first-order chi connectivity index (χ1) is 10.9. The highest BCUT2D eigenvalue weighted by molar-refractivity contribution is 7.18. The molecule has 0 saturated heterocycles. The van der Waals surface area contributed by atoms with Crippen LogP contribution in [0.1, 0.15) is 22.9 Å². The summed E-state index contributed by atoms with van der Waals surface area (Å²) in [5.41, 5.74) is -0.543. The average Bonchev–Trinajstić information content (AvgIpc) is 2.94. The summed E-state index contributed by atoms with van der Waals surface area (Å²) in [6.07, 6.45) is -2.19. The molecule has 7 heteroatoms. The molecule has 0 N–H and O–H groups in total. The van der Waals surface area contributed by atoms with E-state index >= 15 is 0 Å². The predicted molar refractivity (Wildman–Crippen MR) is 83.8 cm³/mol. The molecule has 2 heterocycles. The maximum atomic E-state index is 12.8. The molecule has 0 atom stereocenters. The first-order valence-corrected chi connectivity index (χ1v) is 7.84. The summed E-state index contributed by atoms with van der Waals surface area (Å²) < 4.78 is 39.6. The lowest BCUT2D eigenvalue weighted by atomic mass is 10.1. The van der Waals surface area contributed by atoms with Gasteiger partial charge in [-0.15, -0.1) is 11.3 Å². The van der Waals surface area contributed by atoms with Crippen molar-refractivity contribution in [2.24, 2.45) is 0 Å². The molecule has 2 aromatic heterocycles. The van der Waals surface area contributed by atoms with E-state index in [0.717, 1.165) is 23.4 Å². The molecule has 120 valence electrons. The topological polar surface area (TPSA) is 34.9 Å². The molecule has 0 aliphatic rings. The molecule has 0 amide bonds. The standard InChI is InChI=1S/C16H13F3N2OS/c1-2-12-7-13-14(23-12)20-9-21(15(13)22)8-10-4-3-5-11(6-10)16(17,18)19/h3-7,9H,2,8H2,1H3. The Kier molecular flexibility index (Phi) is 3.97. The molecular weight excluding hydrogens is 325 g/mol. The highest BCUT2D eigenvalue weighted by Crippen LogP contribution is 2.29. The van der Waals surface area contributed by atoms with Gasteiger partial charge in [0.2, 0.25) is 0 Å². The number of hydrogen-bond acceptors (Lipinski definition) is 3. The van der Waals surface area contributed by atoms with Gasteiger partial charge in [-0.2, -0.15) is 13.2 Å². The molecule has 0 saturated carbocycles. The summed E-state index contributed by atoms with van der Waals surface area (Å²) in [7, 11) is 0. The SMILES string of the molecule is CCc1cc2c(=O)n(Cc3cccc(C(F)(F)F)c3)cnc2s1. The van der Waals surface area contributed by atoms with E-state index in [1.54, 1.807) is 12.1 Å². The second kappa shape index (κ2) is 5.81. The number of thiophene rings is 1. The van der Waals surface area contributed by atoms with E-state index in [1.807, 2.05) is 6.92 Å². The fourth-order valence-electron chi connectivity index (χ4n) is 2.34. The van der Waals surface area contributed by atoms with E-state index in [9.17, 15) is 18.0 Å². The first-order valence-electron chi connectivity index (χ1n) is 7.02. The second-order valence-electron chi connectivity index (χ2n) is 5.16. The van der Waals surface area contributed by atoms with Crippen molar-refractivity contribution < 1.29 is 13.2 Å². The molecule has 0 aliphatic carbocycles. The maximum Gasteiger partial charge on any atom is 0.416 e. The fourth-order valence-corrected chi connectivity index (χ4v) is 3.26. The zero-order chi connectivity index (χ0) is 16.6. The molecule has 0 aliphatic heterocycles. The zero-order valence-electron chi connectivity index (χ0n) is 12.2. The number of aryl methyl sites for hydroxylation is 1. The van der Waals surface area contributed by atoms with Crippen LogP contribution < -0.4 is 5.56 Å². The molecule has 0 bridgehead atoms.